The third-order valence-electron chi connectivity index (χ3n) is 4.24. The Morgan fingerprint density at radius 3 is 1.19 bits per heavy atom. The molecule has 0 aromatic heterocycles. The number of benzene rings is 3. The largest absolute Gasteiger partial charge is 0.522 e. The molecule has 0 aliphatic carbocycles. The average Bonchev–Trinajstić information content (AvgIpc) is 2.74. The molecular formula is C27H32F3O5S2+. The molecule has 37 heavy (non-hydrogen) atoms. The van der Waals surface area contributed by atoms with E-state index in [2.05, 4.69) is 120 Å². The minimum Gasteiger partial charge on any atom is -0.488 e. The van der Waals surface area contributed by atoms with Crippen molar-refractivity contribution in [3.05, 3.63) is 78.9 Å². The van der Waals surface area contributed by atoms with E-state index in [1.54, 1.807) is 0 Å². The standard InChI is InChI=1S/C26H31O2S.CHF3O3S/c1-25(2,3)27-20-12-16-23(17-13-20)29(22-10-8-7-9-11-22)24-18-14-21(15-19-24)28-26(4,5)6;2-1(3,4)8(5,6)7/h7-19H,1-6H3;(H,5,6,7)/q+1;. The van der Waals surface area contributed by atoms with Crippen LogP contribution in [0, 0.1) is 0 Å². The van der Waals surface area contributed by atoms with Crippen molar-refractivity contribution in [2.45, 2.75) is 72.9 Å². The first-order valence-electron chi connectivity index (χ1n) is 11.3. The van der Waals surface area contributed by atoms with Crippen LogP contribution >= 0.6 is 0 Å². The lowest BCUT2D eigenvalue weighted by atomic mass is 10.2. The fraction of sp³-hybridized carbons (Fsp3) is 0.333. The van der Waals surface area contributed by atoms with Gasteiger partial charge in [-0.1, -0.05) is 18.2 Å². The van der Waals surface area contributed by atoms with Gasteiger partial charge in [0.1, 0.15) is 22.7 Å². The molecule has 10 heteroatoms. The molecular weight excluding hydrogens is 525 g/mol. The maximum Gasteiger partial charge on any atom is 0.522 e. The van der Waals surface area contributed by atoms with Crippen LogP contribution in [0.4, 0.5) is 13.2 Å². The molecule has 0 unspecified atom stereocenters. The zero-order valence-corrected chi connectivity index (χ0v) is 23.2. The zero-order valence-electron chi connectivity index (χ0n) is 21.5. The highest BCUT2D eigenvalue weighted by atomic mass is 32.2. The Bertz CT molecular complexity index is 1170. The van der Waals surface area contributed by atoms with Crippen LogP contribution in [0.3, 0.4) is 0 Å². The maximum atomic E-state index is 10.7. The summed E-state index contributed by atoms with van der Waals surface area (Å²) in [6, 6.07) is 27.6. The highest BCUT2D eigenvalue weighted by Crippen LogP contribution is 2.34. The second-order valence-corrected chi connectivity index (χ2v) is 13.4. The Labute approximate surface area is 219 Å². The highest BCUT2D eigenvalue weighted by Gasteiger charge is 2.44. The molecule has 0 radical (unpaired) electrons. The van der Waals surface area contributed by atoms with Gasteiger partial charge in [-0.15, -0.1) is 0 Å². The normalized spacial score (nSPS) is 12.5. The van der Waals surface area contributed by atoms with Gasteiger partial charge in [-0.05, 0) is 102 Å². The van der Waals surface area contributed by atoms with Crippen molar-refractivity contribution < 1.29 is 35.6 Å². The molecule has 0 heterocycles. The molecule has 5 nitrogen and oxygen atoms in total. The van der Waals surface area contributed by atoms with Crippen LogP contribution in [-0.2, 0) is 21.0 Å². The van der Waals surface area contributed by atoms with E-state index in [1.165, 1.54) is 14.7 Å². The average molecular weight is 558 g/mol. The van der Waals surface area contributed by atoms with Gasteiger partial charge < -0.3 is 9.47 Å². The Hall–Kier alpha value is -2.69. The highest BCUT2D eigenvalue weighted by molar-refractivity contribution is 7.97. The van der Waals surface area contributed by atoms with Crippen LogP contribution in [0.1, 0.15) is 41.5 Å². The first-order chi connectivity index (χ1) is 16.9. The van der Waals surface area contributed by atoms with Crippen molar-refractivity contribution in [2.24, 2.45) is 0 Å². The molecule has 0 saturated heterocycles. The van der Waals surface area contributed by atoms with Crippen LogP contribution in [-0.4, -0.2) is 29.7 Å². The topological polar surface area (TPSA) is 72.8 Å². The van der Waals surface area contributed by atoms with Gasteiger partial charge in [0.25, 0.3) is 0 Å². The van der Waals surface area contributed by atoms with E-state index in [4.69, 9.17) is 22.4 Å². The van der Waals surface area contributed by atoms with Crippen molar-refractivity contribution in [3.8, 4) is 11.5 Å². The molecule has 3 aromatic rings. The third kappa shape index (κ3) is 10.3. The Kier molecular flexibility index (Phi) is 9.73. The zero-order chi connectivity index (χ0) is 28.1. The summed E-state index contributed by atoms with van der Waals surface area (Å²) in [4.78, 5) is 3.82. The van der Waals surface area contributed by atoms with Crippen molar-refractivity contribution >= 4 is 21.0 Å². The predicted molar refractivity (Wildman–Crippen MR) is 140 cm³/mol. The Morgan fingerprint density at radius 1 is 0.622 bits per heavy atom. The monoisotopic (exact) mass is 557 g/mol. The van der Waals surface area contributed by atoms with E-state index >= 15 is 0 Å². The molecule has 0 bridgehead atoms. The summed E-state index contributed by atoms with van der Waals surface area (Å²) in [6.07, 6.45) is 0. The fourth-order valence-electron chi connectivity index (χ4n) is 2.96. The molecule has 0 atom stereocenters. The van der Waals surface area contributed by atoms with Crippen molar-refractivity contribution in [1.82, 2.24) is 0 Å². The predicted octanol–water partition coefficient (Wildman–Crippen LogP) is 7.53. The van der Waals surface area contributed by atoms with Crippen molar-refractivity contribution in [2.75, 3.05) is 0 Å². The molecule has 202 valence electrons. The van der Waals surface area contributed by atoms with Crippen molar-refractivity contribution in [1.29, 1.82) is 0 Å². The molecule has 0 fully saturated rings. The first kappa shape index (κ1) is 30.5. The minimum absolute atomic E-state index is 0.189. The van der Waals surface area contributed by atoms with E-state index in [0.29, 0.717) is 0 Å². The molecule has 0 spiro atoms. The molecule has 0 saturated carbocycles. The molecule has 0 amide bonds. The van der Waals surface area contributed by atoms with Gasteiger partial charge in [0.2, 0.25) is 0 Å². The summed E-state index contributed by atoms with van der Waals surface area (Å²) in [5.74, 6) is 1.79. The quantitative estimate of drug-likeness (QED) is 0.199. The maximum absolute atomic E-state index is 10.7. The van der Waals surface area contributed by atoms with E-state index < -0.39 is 15.6 Å². The summed E-state index contributed by atoms with van der Waals surface area (Å²) >= 11 is 0. The lowest BCUT2D eigenvalue weighted by Crippen LogP contribution is -2.23. The number of ether oxygens (including phenoxy) is 2. The van der Waals surface area contributed by atoms with Crippen LogP contribution in [0.15, 0.2) is 93.5 Å². The number of halogens is 3. The van der Waals surface area contributed by atoms with Gasteiger partial charge in [-0.2, -0.15) is 21.6 Å². The van der Waals surface area contributed by atoms with Gasteiger partial charge in [0, 0.05) is 0 Å². The molecule has 3 aromatic carbocycles. The lowest BCUT2D eigenvalue weighted by Gasteiger charge is -2.21. The minimum atomic E-state index is -5.84. The molecule has 1 N–H and O–H groups in total. The summed E-state index contributed by atoms with van der Waals surface area (Å²) in [5, 5.41) is 0. The second kappa shape index (κ2) is 11.8. The van der Waals surface area contributed by atoms with E-state index in [9.17, 15) is 13.2 Å². The summed E-state index contributed by atoms with van der Waals surface area (Å²) in [5.41, 5.74) is -5.94. The number of alkyl halides is 3. The second-order valence-electron chi connectivity index (χ2n) is 9.91. The van der Waals surface area contributed by atoms with Gasteiger partial charge in [0.05, 0.1) is 10.9 Å². The van der Waals surface area contributed by atoms with Crippen LogP contribution in [0.2, 0.25) is 0 Å². The van der Waals surface area contributed by atoms with Crippen LogP contribution in [0.5, 0.6) is 11.5 Å². The number of hydrogen-bond donors (Lipinski definition) is 1. The van der Waals surface area contributed by atoms with Crippen LogP contribution < -0.4 is 9.47 Å². The van der Waals surface area contributed by atoms with Crippen LogP contribution in [0.25, 0.3) is 0 Å². The Balaban J connectivity index is 0.000000521. The van der Waals surface area contributed by atoms with Gasteiger partial charge in [-0.25, -0.2) is 0 Å². The summed E-state index contributed by atoms with van der Waals surface area (Å²) in [7, 11) is -6.03. The Morgan fingerprint density at radius 2 is 0.919 bits per heavy atom. The van der Waals surface area contributed by atoms with E-state index in [1.807, 2.05) is 0 Å². The van der Waals surface area contributed by atoms with E-state index in [-0.39, 0.29) is 22.1 Å². The summed E-state index contributed by atoms with van der Waals surface area (Å²) in [6.45, 7) is 12.4. The first-order valence-corrected chi connectivity index (χ1v) is 13.9. The lowest BCUT2D eigenvalue weighted by molar-refractivity contribution is -0.0510. The number of rotatable bonds is 5. The number of hydrogen-bond acceptors (Lipinski definition) is 4. The molecule has 3 rings (SSSR count). The molecule has 0 aliphatic rings. The van der Waals surface area contributed by atoms with Gasteiger partial charge >= 0.3 is 15.6 Å². The smallest absolute Gasteiger partial charge is 0.488 e. The fourth-order valence-corrected chi connectivity index (χ4v) is 5.02. The van der Waals surface area contributed by atoms with Gasteiger partial charge in [-0.3, -0.25) is 4.55 Å². The van der Waals surface area contributed by atoms with E-state index in [0.717, 1.165) is 11.5 Å². The SMILES string of the molecule is CC(C)(C)Oc1ccc([S+](c2ccccc2)c2ccc(OC(C)(C)C)cc2)cc1.O=S(=O)(O)C(F)(F)F. The van der Waals surface area contributed by atoms with Gasteiger partial charge in [0.15, 0.2) is 14.7 Å². The molecule has 0 aliphatic heterocycles. The van der Waals surface area contributed by atoms with Crippen molar-refractivity contribution in [3.63, 3.8) is 0 Å². The third-order valence-corrected chi connectivity index (χ3v) is 7.05. The summed E-state index contributed by atoms with van der Waals surface area (Å²) < 4.78 is 69.5.